The van der Waals surface area contributed by atoms with Crippen molar-refractivity contribution in [2.24, 2.45) is 0 Å². The van der Waals surface area contributed by atoms with Gasteiger partial charge in [-0.05, 0) is 12.8 Å². The van der Waals surface area contributed by atoms with E-state index in [9.17, 15) is 16.8 Å². The van der Waals surface area contributed by atoms with E-state index in [1.807, 2.05) is 0 Å². The van der Waals surface area contributed by atoms with Gasteiger partial charge >= 0.3 is 0 Å². The van der Waals surface area contributed by atoms with Crippen LogP contribution in [0.3, 0.4) is 0 Å². The third-order valence-corrected chi connectivity index (χ3v) is 7.39. The summed E-state index contributed by atoms with van der Waals surface area (Å²) in [5.41, 5.74) is 0. The number of nitrogens with one attached hydrogen (secondary N) is 1. The number of hydrogen-bond donors (Lipinski definition) is 1. The fraction of sp³-hybridized carbons (Fsp3) is 0.818. The van der Waals surface area contributed by atoms with Crippen molar-refractivity contribution in [3.05, 3.63) is 11.7 Å². The van der Waals surface area contributed by atoms with E-state index in [2.05, 4.69) is 15.5 Å². The molecule has 0 aliphatic carbocycles. The van der Waals surface area contributed by atoms with Crippen molar-refractivity contribution in [3.8, 4) is 0 Å². The van der Waals surface area contributed by atoms with Crippen molar-refractivity contribution < 1.29 is 21.4 Å². The van der Waals surface area contributed by atoms with Gasteiger partial charge in [-0.25, -0.2) is 16.8 Å². The van der Waals surface area contributed by atoms with Gasteiger partial charge in [0.2, 0.25) is 5.89 Å². The Morgan fingerprint density at radius 1 is 1.10 bits per heavy atom. The maximum Gasteiger partial charge on any atom is 0.240 e. The average Bonchev–Trinajstić information content (AvgIpc) is 3.06. The lowest BCUT2D eigenvalue weighted by molar-refractivity contribution is 0.354. The molecule has 0 spiro atoms. The molecule has 2 atom stereocenters. The van der Waals surface area contributed by atoms with Crippen LogP contribution in [0.1, 0.15) is 30.5 Å². The molecule has 0 bridgehead atoms. The summed E-state index contributed by atoms with van der Waals surface area (Å²) in [4.78, 5) is 4.20. The van der Waals surface area contributed by atoms with Crippen LogP contribution in [0, 0.1) is 0 Å². The highest BCUT2D eigenvalue weighted by Crippen LogP contribution is 2.26. The predicted molar refractivity (Wildman–Crippen MR) is 74.2 cm³/mol. The van der Waals surface area contributed by atoms with Gasteiger partial charge < -0.3 is 9.84 Å². The molecule has 0 saturated carbocycles. The molecule has 2 aliphatic rings. The fourth-order valence-electron chi connectivity index (χ4n) is 2.69. The molecule has 1 aromatic heterocycles. The smallest absolute Gasteiger partial charge is 0.240 e. The zero-order chi connectivity index (χ0) is 15.1. The minimum atomic E-state index is -2.98. The van der Waals surface area contributed by atoms with Gasteiger partial charge in [0.15, 0.2) is 25.5 Å². The topological polar surface area (TPSA) is 119 Å². The molecule has 10 heteroatoms. The van der Waals surface area contributed by atoms with Crippen molar-refractivity contribution in [1.82, 2.24) is 15.5 Å². The summed E-state index contributed by atoms with van der Waals surface area (Å²) >= 11 is 0. The number of nitrogens with zero attached hydrogens (tertiary/aromatic N) is 2. The predicted octanol–water partition coefficient (Wildman–Crippen LogP) is -0.752. The lowest BCUT2D eigenvalue weighted by Gasteiger charge is -2.07. The Morgan fingerprint density at radius 3 is 2.43 bits per heavy atom. The summed E-state index contributed by atoms with van der Waals surface area (Å²) in [6, 6.07) is -0.0859. The van der Waals surface area contributed by atoms with E-state index in [0.717, 1.165) is 0 Å². The number of rotatable bonds is 4. The first-order valence-corrected chi connectivity index (χ1v) is 10.4. The van der Waals surface area contributed by atoms with Crippen molar-refractivity contribution in [2.45, 2.75) is 31.3 Å². The maximum absolute atomic E-state index is 11.4. The van der Waals surface area contributed by atoms with Gasteiger partial charge in [0.05, 0.1) is 29.6 Å². The molecular weight excluding hydrogens is 318 g/mol. The summed E-state index contributed by atoms with van der Waals surface area (Å²) in [5.74, 6) is 1.17. The highest BCUT2D eigenvalue weighted by atomic mass is 32.2. The number of sulfone groups is 2. The highest BCUT2D eigenvalue weighted by Gasteiger charge is 2.32. The molecule has 2 aliphatic heterocycles. The summed E-state index contributed by atoms with van der Waals surface area (Å²) < 4.78 is 50.6. The first-order valence-electron chi connectivity index (χ1n) is 6.80. The summed E-state index contributed by atoms with van der Waals surface area (Å²) in [7, 11) is -5.89. The van der Waals surface area contributed by atoms with E-state index >= 15 is 0 Å². The van der Waals surface area contributed by atoms with Gasteiger partial charge in [0.1, 0.15) is 0 Å². The third kappa shape index (κ3) is 3.61. The second-order valence-corrected chi connectivity index (χ2v) is 10.1. The molecular formula is C11H17N3O5S2. The Morgan fingerprint density at radius 2 is 1.81 bits per heavy atom. The zero-order valence-electron chi connectivity index (χ0n) is 11.4. The molecule has 21 heavy (non-hydrogen) atoms. The summed E-state index contributed by atoms with van der Waals surface area (Å²) in [6.07, 6.45) is 1.11. The van der Waals surface area contributed by atoms with Crippen LogP contribution < -0.4 is 5.32 Å². The van der Waals surface area contributed by atoms with E-state index in [0.29, 0.717) is 31.1 Å². The van der Waals surface area contributed by atoms with Crippen molar-refractivity contribution in [3.63, 3.8) is 0 Å². The molecule has 8 nitrogen and oxygen atoms in total. The average molecular weight is 335 g/mol. The zero-order valence-corrected chi connectivity index (χ0v) is 13.0. The van der Waals surface area contributed by atoms with Gasteiger partial charge in [-0.1, -0.05) is 5.16 Å². The van der Waals surface area contributed by atoms with E-state index < -0.39 is 19.7 Å². The molecule has 118 valence electrons. The molecule has 1 N–H and O–H groups in total. The lowest BCUT2D eigenvalue weighted by atomic mass is 10.1. The van der Waals surface area contributed by atoms with E-state index in [4.69, 9.17) is 4.52 Å². The second kappa shape index (κ2) is 5.33. The Balaban J connectivity index is 1.56. The lowest BCUT2D eigenvalue weighted by Crippen LogP contribution is -2.29. The van der Waals surface area contributed by atoms with Gasteiger partial charge in [-0.2, -0.15) is 4.98 Å². The first kappa shape index (κ1) is 14.9. The van der Waals surface area contributed by atoms with Crippen molar-refractivity contribution >= 4 is 19.7 Å². The Bertz CT molecular complexity index is 725. The van der Waals surface area contributed by atoms with Crippen LogP contribution in [0.2, 0.25) is 0 Å². The van der Waals surface area contributed by atoms with Gasteiger partial charge in [0.25, 0.3) is 0 Å². The molecule has 1 aromatic rings. The van der Waals surface area contributed by atoms with Crippen LogP contribution in [0.5, 0.6) is 0 Å². The van der Waals surface area contributed by atoms with E-state index in [-0.39, 0.29) is 35.0 Å². The van der Waals surface area contributed by atoms with Crippen LogP contribution in [-0.4, -0.2) is 56.0 Å². The van der Waals surface area contributed by atoms with Crippen LogP contribution >= 0.6 is 0 Å². The van der Waals surface area contributed by atoms with E-state index in [1.165, 1.54) is 0 Å². The fourth-order valence-corrected chi connectivity index (χ4v) is 6.14. The van der Waals surface area contributed by atoms with Gasteiger partial charge in [-0.15, -0.1) is 0 Å². The monoisotopic (exact) mass is 335 g/mol. The van der Waals surface area contributed by atoms with Crippen LogP contribution in [-0.2, 0) is 26.2 Å². The Kier molecular flexibility index (Phi) is 3.78. The van der Waals surface area contributed by atoms with Crippen molar-refractivity contribution in [1.29, 1.82) is 0 Å². The molecule has 3 heterocycles. The number of aromatic nitrogens is 2. The standard InChI is InChI=1S/C11H17N3O5S2/c15-20(16)3-1-8(6-20)11-13-10(19-14-11)5-12-9-2-4-21(17,18)7-9/h8-9,12H,1-7H2. The SMILES string of the molecule is O=S1(=O)CCC(NCc2nc(C3CCS(=O)(=O)C3)no2)C1. The van der Waals surface area contributed by atoms with Gasteiger partial charge in [-0.3, -0.25) is 0 Å². The molecule has 0 radical (unpaired) electrons. The first-order chi connectivity index (χ1) is 9.83. The maximum atomic E-state index is 11.4. The van der Waals surface area contributed by atoms with E-state index in [1.54, 1.807) is 0 Å². The Labute approximate surface area is 123 Å². The molecule has 0 aromatic carbocycles. The normalized spacial score (nSPS) is 30.7. The van der Waals surface area contributed by atoms with Crippen molar-refractivity contribution in [2.75, 3.05) is 23.0 Å². The summed E-state index contributed by atoms with van der Waals surface area (Å²) in [5, 5.41) is 6.91. The molecule has 0 amide bonds. The van der Waals surface area contributed by atoms with Crippen LogP contribution in [0.25, 0.3) is 0 Å². The Hall–Kier alpha value is -1.00. The minimum Gasteiger partial charge on any atom is -0.338 e. The third-order valence-electron chi connectivity index (χ3n) is 3.86. The minimum absolute atomic E-state index is 0.0697. The quantitative estimate of drug-likeness (QED) is 0.763. The van der Waals surface area contributed by atoms with Gasteiger partial charge in [0, 0.05) is 12.0 Å². The highest BCUT2D eigenvalue weighted by molar-refractivity contribution is 7.91. The van der Waals surface area contributed by atoms with Crippen LogP contribution in [0.15, 0.2) is 4.52 Å². The molecule has 3 rings (SSSR count). The van der Waals surface area contributed by atoms with Crippen LogP contribution in [0.4, 0.5) is 0 Å². The molecule has 2 fully saturated rings. The molecule has 2 unspecified atom stereocenters. The second-order valence-electron chi connectivity index (χ2n) is 5.63. The molecule has 2 saturated heterocycles. The largest absolute Gasteiger partial charge is 0.338 e. The summed E-state index contributed by atoms with van der Waals surface area (Å²) in [6.45, 7) is 0.298. The number of hydrogen-bond acceptors (Lipinski definition) is 8.